The monoisotopic (exact) mass is 347 g/mol. The number of hydrogen-bond acceptors (Lipinski definition) is 6. The Kier molecular flexibility index (Phi) is 5.58. The molecule has 0 radical (unpaired) electrons. The molecule has 9 heteroatoms. The van der Waals surface area contributed by atoms with E-state index < -0.39 is 11.0 Å². The van der Waals surface area contributed by atoms with E-state index in [9.17, 15) is 20.0 Å². The van der Waals surface area contributed by atoms with E-state index >= 15 is 0 Å². The molecule has 2 aromatic rings. The van der Waals surface area contributed by atoms with Crippen molar-refractivity contribution in [2.45, 2.75) is 32.9 Å². The van der Waals surface area contributed by atoms with Crippen LogP contribution in [0.5, 0.6) is 5.75 Å². The normalized spacial score (nSPS) is 11.8. The van der Waals surface area contributed by atoms with Gasteiger partial charge in [0.2, 0.25) is 11.7 Å². The van der Waals surface area contributed by atoms with Crippen LogP contribution in [-0.2, 0) is 18.4 Å². The van der Waals surface area contributed by atoms with E-state index in [1.165, 1.54) is 4.68 Å². The maximum absolute atomic E-state index is 12.4. The van der Waals surface area contributed by atoms with E-state index in [1.54, 1.807) is 45.2 Å². The van der Waals surface area contributed by atoms with Crippen molar-refractivity contribution in [1.29, 1.82) is 0 Å². The van der Waals surface area contributed by atoms with E-state index in [0.29, 0.717) is 12.0 Å². The number of carbonyl (C=O) groups excluding carboxylic acids is 1. The Bertz CT molecular complexity index is 787. The van der Waals surface area contributed by atoms with Crippen molar-refractivity contribution < 1.29 is 14.8 Å². The number of aryl methyl sites for hydroxylation is 2. The molecule has 0 saturated heterocycles. The highest BCUT2D eigenvalue weighted by Crippen LogP contribution is 2.28. The van der Waals surface area contributed by atoms with Crippen molar-refractivity contribution in [1.82, 2.24) is 15.1 Å². The Morgan fingerprint density at radius 2 is 2.12 bits per heavy atom. The second-order valence-electron chi connectivity index (χ2n) is 5.62. The molecule has 1 atom stereocenters. The zero-order valence-corrected chi connectivity index (χ0v) is 14.3. The summed E-state index contributed by atoms with van der Waals surface area (Å²) in [6.07, 6.45) is 0.425. The van der Waals surface area contributed by atoms with Crippen LogP contribution in [-0.4, -0.2) is 31.8 Å². The number of phenols is 1. The molecule has 134 valence electrons. The van der Waals surface area contributed by atoms with Crippen LogP contribution in [0.15, 0.2) is 24.3 Å². The van der Waals surface area contributed by atoms with Crippen LogP contribution in [0.1, 0.15) is 24.6 Å². The molecule has 1 unspecified atom stereocenters. The fraction of sp³-hybridized carbons (Fsp3) is 0.375. The number of hydrogen-bond donors (Lipinski definition) is 3. The SMILES string of the molecule is CCC(Nc1c([N+](=O)[O-])c(C)nn1C)C(=O)NCc1ccccc1O. The van der Waals surface area contributed by atoms with Crippen LogP contribution in [0.25, 0.3) is 0 Å². The largest absolute Gasteiger partial charge is 0.508 e. The number of rotatable bonds is 7. The number of aromatic nitrogens is 2. The molecule has 0 saturated carbocycles. The molecule has 1 aromatic heterocycles. The van der Waals surface area contributed by atoms with Crippen LogP contribution in [0.4, 0.5) is 11.5 Å². The second kappa shape index (κ2) is 7.65. The average Bonchev–Trinajstić information content (AvgIpc) is 2.85. The molecule has 0 aliphatic carbocycles. The number of nitrogens with one attached hydrogen (secondary N) is 2. The summed E-state index contributed by atoms with van der Waals surface area (Å²) >= 11 is 0. The summed E-state index contributed by atoms with van der Waals surface area (Å²) in [6, 6.07) is 6.04. The van der Waals surface area contributed by atoms with E-state index in [1.807, 2.05) is 0 Å². The summed E-state index contributed by atoms with van der Waals surface area (Å²) in [7, 11) is 1.58. The van der Waals surface area contributed by atoms with Crippen molar-refractivity contribution in [2.75, 3.05) is 5.32 Å². The van der Waals surface area contributed by atoms with Gasteiger partial charge in [-0.3, -0.25) is 14.9 Å². The number of benzene rings is 1. The molecule has 2 rings (SSSR count). The quantitative estimate of drug-likeness (QED) is 0.519. The molecule has 9 nitrogen and oxygen atoms in total. The minimum atomic E-state index is -0.667. The van der Waals surface area contributed by atoms with Crippen molar-refractivity contribution in [3.63, 3.8) is 0 Å². The lowest BCUT2D eigenvalue weighted by molar-refractivity contribution is -0.384. The van der Waals surface area contributed by atoms with E-state index in [4.69, 9.17) is 0 Å². The number of phenolic OH excluding ortho intramolecular Hbond substituents is 1. The molecule has 0 aliphatic rings. The Balaban J connectivity index is 2.11. The molecule has 1 aromatic carbocycles. The van der Waals surface area contributed by atoms with Gasteiger partial charge in [-0.1, -0.05) is 25.1 Å². The van der Waals surface area contributed by atoms with Gasteiger partial charge in [0.25, 0.3) is 0 Å². The van der Waals surface area contributed by atoms with Gasteiger partial charge >= 0.3 is 5.69 Å². The highest BCUT2D eigenvalue weighted by Gasteiger charge is 2.27. The summed E-state index contributed by atoms with van der Waals surface area (Å²) in [5, 5.41) is 30.6. The Morgan fingerprint density at radius 1 is 1.44 bits per heavy atom. The van der Waals surface area contributed by atoms with Crippen molar-refractivity contribution in [2.24, 2.45) is 7.05 Å². The van der Waals surface area contributed by atoms with E-state index in [0.717, 1.165) is 0 Å². The highest BCUT2D eigenvalue weighted by atomic mass is 16.6. The lowest BCUT2D eigenvalue weighted by Gasteiger charge is -2.17. The van der Waals surface area contributed by atoms with Crippen molar-refractivity contribution in [3.8, 4) is 5.75 Å². The van der Waals surface area contributed by atoms with Gasteiger partial charge in [-0.15, -0.1) is 0 Å². The molecular formula is C16H21N5O4. The fourth-order valence-corrected chi connectivity index (χ4v) is 2.51. The minimum Gasteiger partial charge on any atom is -0.508 e. The van der Waals surface area contributed by atoms with E-state index in [-0.39, 0.29) is 35.4 Å². The Hall–Kier alpha value is -3.10. The Labute approximate surface area is 144 Å². The molecule has 0 fully saturated rings. The molecule has 3 N–H and O–H groups in total. The lowest BCUT2D eigenvalue weighted by Crippen LogP contribution is -2.39. The van der Waals surface area contributed by atoms with Crippen LogP contribution >= 0.6 is 0 Å². The number of aromatic hydroxyl groups is 1. The lowest BCUT2D eigenvalue weighted by atomic mass is 10.1. The van der Waals surface area contributed by atoms with Crippen molar-refractivity contribution >= 4 is 17.4 Å². The highest BCUT2D eigenvalue weighted by molar-refractivity contribution is 5.85. The molecular weight excluding hydrogens is 326 g/mol. The fourth-order valence-electron chi connectivity index (χ4n) is 2.51. The molecule has 1 heterocycles. The summed E-state index contributed by atoms with van der Waals surface area (Å²) < 4.78 is 1.35. The van der Waals surface area contributed by atoms with Gasteiger partial charge in [-0.25, -0.2) is 4.68 Å². The third-order valence-corrected chi connectivity index (χ3v) is 3.85. The zero-order valence-electron chi connectivity index (χ0n) is 14.3. The first-order chi connectivity index (χ1) is 11.8. The number of para-hydroxylation sites is 1. The van der Waals surface area contributed by atoms with Gasteiger partial charge in [0.1, 0.15) is 17.5 Å². The average molecular weight is 347 g/mol. The minimum absolute atomic E-state index is 0.0988. The van der Waals surface area contributed by atoms with Gasteiger partial charge in [-0.2, -0.15) is 5.10 Å². The third-order valence-electron chi connectivity index (χ3n) is 3.85. The summed E-state index contributed by atoms with van der Waals surface area (Å²) in [4.78, 5) is 23.1. The molecule has 0 aliphatic heterocycles. The van der Waals surface area contributed by atoms with Crippen molar-refractivity contribution in [3.05, 3.63) is 45.6 Å². The number of anilines is 1. The maximum Gasteiger partial charge on any atom is 0.333 e. The molecule has 0 bridgehead atoms. The topological polar surface area (TPSA) is 122 Å². The molecule has 25 heavy (non-hydrogen) atoms. The van der Waals surface area contributed by atoms with Gasteiger partial charge in [-0.05, 0) is 19.4 Å². The first-order valence-electron chi connectivity index (χ1n) is 7.84. The predicted molar refractivity (Wildman–Crippen MR) is 92.3 cm³/mol. The Morgan fingerprint density at radius 3 is 2.72 bits per heavy atom. The number of nitro groups is 1. The van der Waals surface area contributed by atoms with Gasteiger partial charge in [0, 0.05) is 19.2 Å². The van der Waals surface area contributed by atoms with E-state index in [2.05, 4.69) is 15.7 Å². The standard InChI is InChI=1S/C16H21N5O4/c1-4-12(16(23)17-9-11-7-5-6-8-13(11)22)18-15-14(21(24)25)10(2)19-20(15)3/h5-8,12,18,22H,4,9H2,1-3H3,(H,17,23). The van der Waals surface area contributed by atoms with Crippen LogP contribution in [0, 0.1) is 17.0 Å². The number of amides is 1. The van der Waals surface area contributed by atoms with Gasteiger partial charge in [0.15, 0.2) is 0 Å². The summed E-state index contributed by atoms with van der Waals surface area (Å²) in [5.74, 6) is -0.0346. The zero-order chi connectivity index (χ0) is 18.6. The third kappa shape index (κ3) is 4.06. The summed E-state index contributed by atoms with van der Waals surface area (Å²) in [5.41, 5.74) is 0.724. The first-order valence-corrected chi connectivity index (χ1v) is 7.84. The smallest absolute Gasteiger partial charge is 0.333 e. The predicted octanol–water partition coefficient (Wildman–Crippen LogP) is 1.85. The van der Waals surface area contributed by atoms with Crippen LogP contribution in [0.2, 0.25) is 0 Å². The van der Waals surface area contributed by atoms with Gasteiger partial charge in [0.05, 0.1) is 4.92 Å². The van der Waals surface area contributed by atoms with Crippen LogP contribution < -0.4 is 10.6 Å². The van der Waals surface area contributed by atoms with Gasteiger partial charge < -0.3 is 15.7 Å². The van der Waals surface area contributed by atoms with Crippen LogP contribution in [0.3, 0.4) is 0 Å². The maximum atomic E-state index is 12.4. The first kappa shape index (κ1) is 18.2. The molecule has 1 amide bonds. The second-order valence-corrected chi connectivity index (χ2v) is 5.62. The molecule has 0 spiro atoms. The summed E-state index contributed by atoms with van der Waals surface area (Å²) in [6.45, 7) is 3.50. The number of carbonyl (C=O) groups is 1. The number of nitrogens with zero attached hydrogens (tertiary/aromatic N) is 3.